The number of anilines is 1. The summed E-state index contributed by atoms with van der Waals surface area (Å²) in [5.74, 6) is 1.27. The molecule has 0 atom stereocenters. The molecule has 0 amide bonds. The van der Waals surface area contributed by atoms with Crippen LogP contribution in [0.5, 0.6) is 5.88 Å². The number of pyridine rings is 1. The molecular weight excluding hydrogens is 280 g/mol. The molecule has 0 fully saturated rings. The van der Waals surface area contributed by atoms with Crippen molar-refractivity contribution >= 4 is 23.1 Å². The first-order valence-electron chi connectivity index (χ1n) is 5.98. The summed E-state index contributed by atoms with van der Waals surface area (Å²) in [6.45, 7) is 1.07. The second-order valence-corrected chi connectivity index (χ2v) is 4.24. The molecule has 3 aromatic heterocycles. The lowest BCUT2D eigenvalue weighted by Crippen LogP contribution is -2.13. The Balaban J connectivity index is 1.56. The minimum atomic E-state index is 0.206. The summed E-state index contributed by atoms with van der Waals surface area (Å²) in [6.07, 6.45) is 1.73. The predicted molar refractivity (Wildman–Crippen MR) is 74.0 cm³/mol. The molecule has 20 heavy (non-hydrogen) atoms. The van der Waals surface area contributed by atoms with Gasteiger partial charge in [-0.3, -0.25) is 0 Å². The van der Waals surface area contributed by atoms with Crippen LogP contribution in [0.25, 0.3) is 5.65 Å². The maximum Gasteiger partial charge on any atom is 0.246 e. The van der Waals surface area contributed by atoms with E-state index in [1.54, 1.807) is 18.3 Å². The minimum absolute atomic E-state index is 0.206. The maximum absolute atomic E-state index is 5.84. The fourth-order valence-electron chi connectivity index (χ4n) is 1.62. The third kappa shape index (κ3) is 2.77. The van der Waals surface area contributed by atoms with Crippen molar-refractivity contribution in [2.75, 3.05) is 18.5 Å². The van der Waals surface area contributed by atoms with Gasteiger partial charge in [-0.25, -0.2) is 4.98 Å². The van der Waals surface area contributed by atoms with Gasteiger partial charge in [0.05, 0.1) is 6.54 Å². The second kappa shape index (κ2) is 5.70. The number of aromatic nitrogens is 5. The van der Waals surface area contributed by atoms with Crippen molar-refractivity contribution in [3.05, 3.63) is 41.8 Å². The minimum Gasteiger partial charge on any atom is -0.475 e. The van der Waals surface area contributed by atoms with E-state index in [9.17, 15) is 0 Å². The van der Waals surface area contributed by atoms with Crippen molar-refractivity contribution < 1.29 is 4.74 Å². The van der Waals surface area contributed by atoms with Crippen molar-refractivity contribution in [1.82, 2.24) is 24.8 Å². The van der Waals surface area contributed by atoms with Gasteiger partial charge in [-0.1, -0.05) is 6.07 Å². The highest BCUT2D eigenvalue weighted by molar-refractivity contribution is 6.28. The quantitative estimate of drug-likeness (QED) is 0.720. The van der Waals surface area contributed by atoms with Crippen LogP contribution in [-0.2, 0) is 0 Å². The Hall–Kier alpha value is -2.41. The first-order valence-corrected chi connectivity index (χ1v) is 6.36. The predicted octanol–water partition coefficient (Wildman–Crippen LogP) is 1.66. The first kappa shape index (κ1) is 12.6. The van der Waals surface area contributed by atoms with Crippen LogP contribution < -0.4 is 10.1 Å². The number of hydrogen-bond acceptors (Lipinski definition) is 6. The molecule has 0 aromatic carbocycles. The Kier molecular flexibility index (Phi) is 3.60. The largest absolute Gasteiger partial charge is 0.475 e. The standard InChI is InChI=1S/C12H11ClN6O/c13-12-17-16-10-4-5-11(18-19(10)12)20-8-7-15-9-3-1-2-6-14-9/h1-6H,7-8H2,(H,14,15). The molecule has 7 nitrogen and oxygen atoms in total. The Morgan fingerprint density at radius 2 is 2.15 bits per heavy atom. The van der Waals surface area contributed by atoms with Crippen molar-refractivity contribution in [2.45, 2.75) is 0 Å². The first-order chi connectivity index (χ1) is 9.83. The zero-order valence-corrected chi connectivity index (χ0v) is 11.2. The highest BCUT2D eigenvalue weighted by atomic mass is 35.5. The third-order valence-corrected chi connectivity index (χ3v) is 2.76. The van der Waals surface area contributed by atoms with E-state index in [4.69, 9.17) is 16.3 Å². The SMILES string of the molecule is Clc1nnc2ccc(OCCNc3ccccn3)nn12. The van der Waals surface area contributed by atoms with E-state index in [0.29, 0.717) is 24.7 Å². The molecule has 0 saturated heterocycles. The van der Waals surface area contributed by atoms with Gasteiger partial charge in [0.15, 0.2) is 5.65 Å². The van der Waals surface area contributed by atoms with Crippen LogP contribution in [0.1, 0.15) is 0 Å². The van der Waals surface area contributed by atoms with Gasteiger partial charge in [0, 0.05) is 12.3 Å². The summed E-state index contributed by atoms with van der Waals surface area (Å²) in [7, 11) is 0. The zero-order valence-electron chi connectivity index (χ0n) is 10.4. The van der Waals surface area contributed by atoms with Gasteiger partial charge in [-0.05, 0) is 29.8 Å². The van der Waals surface area contributed by atoms with E-state index in [0.717, 1.165) is 5.82 Å². The molecule has 0 aliphatic carbocycles. The molecule has 3 heterocycles. The second-order valence-electron chi connectivity index (χ2n) is 3.90. The van der Waals surface area contributed by atoms with Crippen LogP contribution in [0.15, 0.2) is 36.5 Å². The van der Waals surface area contributed by atoms with Crippen molar-refractivity contribution in [3.63, 3.8) is 0 Å². The van der Waals surface area contributed by atoms with E-state index < -0.39 is 0 Å². The monoisotopic (exact) mass is 290 g/mol. The Morgan fingerprint density at radius 3 is 3.00 bits per heavy atom. The summed E-state index contributed by atoms with van der Waals surface area (Å²) in [5.41, 5.74) is 0.578. The van der Waals surface area contributed by atoms with Crippen LogP contribution >= 0.6 is 11.6 Å². The average Bonchev–Trinajstić information content (AvgIpc) is 2.86. The molecule has 0 radical (unpaired) electrons. The smallest absolute Gasteiger partial charge is 0.246 e. The van der Waals surface area contributed by atoms with Crippen LogP contribution in [0.4, 0.5) is 5.82 Å². The summed E-state index contributed by atoms with van der Waals surface area (Å²) < 4.78 is 6.94. The summed E-state index contributed by atoms with van der Waals surface area (Å²) >= 11 is 5.84. The van der Waals surface area contributed by atoms with Gasteiger partial charge in [0.1, 0.15) is 12.4 Å². The van der Waals surface area contributed by atoms with E-state index >= 15 is 0 Å². The van der Waals surface area contributed by atoms with Crippen LogP contribution in [0, 0.1) is 0 Å². The molecule has 1 N–H and O–H groups in total. The molecule has 3 rings (SSSR count). The van der Waals surface area contributed by atoms with Gasteiger partial charge >= 0.3 is 0 Å². The van der Waals surface area contributed by atoms with Gasteiger partial charge in [-0.2, -0.15) is 4.52 Å². The van der Waals surface area contributed by atoms with Gasteiger partial charge in [0.2, 0.25) is 11.2 Å². The normalized spacial score (nSPS) is 10.7. The van der Waals surface area contributed by atoms with Crippen LogP contribution in [0.3, 0.4) is 0 Å². The van der Waals surface area contributed by atoms with Crippen LogP contribution in [0.2, 0.25) is 5.28 Å². The molecule has 102 valence electrons. The number of nitrogens with zero attached hydrogens (tertiary/aromatic N) is 5. The molecule has 0 saturated carbocycles. The third-order valence-electron chi connectivity index (χ3n) is 2.52. The number of halogens is 1. The van der Waals surface area contributed by atoms with E-state index in [1.807, 2.05) is 18.2 Å². The zero-order chi connectivity index (χ0) is 13.8. The Bertz CT molecular complexity index is 701. The topological polar surface area (TPSA) is 77.2 Å². The maximum atomic E-state index is 5.84. The Labute approximate surface area is 119 Å². The van der Waals surface area contributed by atoms with E-state index in [-0.39, 0.29) is 5.28 Å². The molecule has 8 heteroatoms. The molecule has 0 spiro atoms. The number of hydrogen-bond donors (Lipinski definition) is 1. The fourth-order valence-corrected chi connectivity index (χ4v) is 1.79. The Morgan fingerprint density at radius 1 is 1.20 bits per heavy atom. The number of fused-ring (bicyclic) bond motifs is 1. The molecule has 0 bridgehead atoms. The lowest BCUT2D eigenvalue weighted by Gasteiger charge is -2.07. The molecule has 0 unspecified atom stereocenters. The summed E-state index contributed by atoms with van der Waals surface area (Å²) in [6, 6.07) is 9.14. The molecule has 0 aliphatic heterocycles. The van der Waals surface area contributed by atoms with Crippen molar-refractivity contribution in [1.29, 1.82) is 0 Å². The van der Waals surface area contributed by atoms with Gasteiger partial charge in [-0.15, -0.1) is 15.3 Å². The molecule has 3 aromatic rings. The van der Waals surface area contributed by atoms with Crippen molar-refractivity contribution in [2.24, 2.45) is 0 Å². The van der Waals surface area contributed by atoms with Gasteiger partial charge < -0.3 is 10.1 Å². The van der Waals surface area contributed by atoms with Crippen molar-refractivity contribution in [3.8, 4) is 5.88 Å². The fraction of sp³-hybridized carbons (Fsp3) is 0.167. The van der Waals surface area contributed by atoms with E-state index in [2.05, 4.69) is 25.6 Å². The summed E-state index contributed by atoms with van der Waals surface area (Å²) in [4.78, 5) is 4.15. The lowest BCUT2D eigenvalue weighted by molar-refractivity contribution is 0.314. The van der Waals surface area contributed by atoms with Gasteiger partial charge in [0.25, 0.3) is 0 Å². The average molecular weight is 291 g/mol. The van der Waals surface area contributed by atoms with E-state index in [1.165, 1.54) is 4.52 Å². The lowest BCUT2D eigenvalue weighted by atomic mass is 10.4. The highest BCUT2D eigenvalue weighted by Gasteiger charge is 2.05. The highest BCUT2D eigenvalue weighted by Crippen LogP contribution is 2.11. The number of rotatable bonds is 5. The number of nitrogens with one attached hydrogen (secondary N) is 1. The molecule has 0 aliphatic rings. The molecular formula is C12H11ClN6O. The summed E-state index contributed by atoms with van der Waals surface area (Å²) in [5, 5.41) is 15.1. The van der Waals surface area contributed by atoms with Crippen LogP contribution in [-0.4, -0.2) is 37.9 Å². The number of ether oxygens (including phenoxy) is 1.